The molecule has 1 fully saturated rings. The van der Waals surface area contributed by atoms with Gasteiger partial charge in [-0.3, -0.25) is 4.79 Å². The van der Waals surface area contributed by atoms with E-state index < -0.39 is 28.3 Å². The predicted molar refractivity (Wildman–Crippen MR) is 66.8 cm³/mol. The fraction of sp³-hybridized carbons (Fsp3) is 0.667. The maximum atomic E-state index is 11.7. The van der Waals surface area contributed by atoms with Crippen LogP contribution >= 0.6 is 15.9 Å². The number of hydrogen-bond acceptors (Lipinski definition) is 4. The maximum absolute atomic E-state index is 11.7. The lowest BCUT2D eigenvalue weighted by Crippen LogP contribution is -2.36. The van der Waals surface area contributed by atoms with E-state index in [1.54, 1.807) is 6.08 Å². The van der Waals surface area contributed by atoms with Gasteiger partial charge in [0.15, 0.2) is 0 Å². The summed E-state index contributed by atoms with van der Waals surface area (Å²) in [4.78, 5) is 22.6. The van der Waals surface area contributed by atoms with Crippen LogP contribution in [0.5, 0.6) is 0 Å². The van der Waals surface area contributed by atoms with Gasteiger partial charge in [-0.1, -0.05) is 48.9 Å². The Labute approximate surface area is 109 Å². The highest BCUT2D eigenvalue weighted by Crippen LogP contribution is 2.31. The highest BCUT2D eigenvalue weighted by molar-refractivity contribution is 9.10. The van der Waals surface area contributed by atoms with E-state index in [9.17, 15) is 9.59 Å². The van der Waals surface area contributed by atoms with Gasteiger partial charge in [-0.05, 0) is 6.42 Å². The standard InChI is InChI=1S/C12H17BrO4/c1-4-5-6-8(13)10(14)17-9-11(15)16-7-12(9,2)3/h5-6,8-9H,4,7H2,1-3H3/b6-5+/t8-,9+/m1/s1. The van der Waals surface area contributed by atoms with Crippen molar-refractivity contribution in [2.24, 2.45) is 5.41 Å². The van der Waals surface area contributed by atoms with Gasteiger partial charge in [-0.25, -0.2) is 4.79 Å². The quantitative estimate of drug-likeness (QED) is 0.454. The van der Waals surface area contributed by atoms with Gasteiger partial charge >= 0.3 is 11.9 Å². The fourth-order valence-corrected chi connectivity index (χ4v) is 1.77. The molecule has 96 valence electrons. The molecule has 0 aliphatic carbocycles. The zero-order valence-electron chi connectivity index (χ0n) is 10.2. The number of cyclic esters (lactones) is 1. The Morgan fingerprint density at radius 3 is 2.82 bits per heavy atom. The first-order chi connectivity index (χ1) is 7.88. The van der Waals surface area contributed by atoms with Crippen LogP contribution in [0.2, 0.25) is 0 Å². The van der Waals surface area contributed by atoms with Gasteiger partial charge in [0.25, 0.3) is 0 Å². The zero-order valence-corrected chi connectivity index (χ0v) is 11.8. The van der Waals surface area contributed by atoms with Crippen LogP contribution in [0.15, 0.2) is 12.2 Å². The molecule has 17 heavy (non-hydrogen) atoms. The Balaban J connectivity index is 2.62. The summed E-state index contributed by atoms with van der Waals surface area (Å²) in [6, 6.07) is 0. The van der Waals surface area contributed by atoms with E-state index in [2.05, 4.69) is 15.9 Å². The first kappa shape index (κ1) is 14.2. The number of allylic oxidation sites excluding steroid dienone is 1. The molecule has 0 saturated carbocycles. The summed E-state index contributed by atoms with van der Waals surface area (Å²) in [7, 11) is 0. The second-order valence-electron chi connectivity index (χ2n) is 4.65. The summed E-state index contributed by atoms with van der Waals surface area (Å²) < 4.78 is 10.1. The summed E-state index contributed by atoms with van der Waals surface area (Å²) in [6.45, 7) is 5.92. The molecule has 0 spiro atoms. The van der Waals surface area contributed by atoms with Gasteiger partial charge in [0.05, 0.1) is 0 Å². The van der Waals surface area contributed by atoms with Gasteiger partial charge in [-0.15, -0.1) is 0 Å². The average Bonchev–Trinajstić information content (AvgIpc) is 2.52. The molecule has 1 aliphatic heterocycles. The van der Waals surface area contributed by atoms with Crippen LogP contribution in [0.3, 0.4) is 0 Å². The van der Waals surface area contributed by atoms with Gasteiger partial charge in [0, 0.05) is 5.41 Å². The molecule has 0 radical (unpaired) electrons. The van der Waals surface area contributed by atoms with Crippen LogP contribution in [0, 0.1) is 5.41 Å². The van der Waals surface area contributed by atoms with Crippen molar-refractivity contribution >= 4 is 27.9 Å². The molecular weight excluding hydrogens is 288 g/mol. The van der Waals surface area contributed by atoms with Crippen molar-refractivity contribution in [3.63, 3.8) is 0 Å². The second-order valence-corrected chi connectivity index (χ2v) is 5.64. The van der Waals surface area contributed by atoms with Crippen molar-refractivity contribution in [3.8, 4) is 0 Å². The third kappa shape index (κ3) is 3.56. The van der Waals surface area contributed by atoms with Gasteiger partial charge in [0.1, 0.15) is 11.4 Å². The molecule has 0 N–H and O–H groups in total. The number of alkyl halides is 1. The average molecular weight is 305 g/mol. The summed E-state index contributed by atoms with van der Waals surface area (Å²) >= 11 is 3.20. The molecule has 1 heterocycles. The Kier molecular flexibility index (Phi) is 4.74. The molecule has 2 atom stereocenters. The minimum atomic E-state index is -0.815. The fourth-order valence-electron chi connectivity index (χ4n) is 1.45. The van der Waals surface area contributed by atoms with E-state index in [1.165, 1.54) is 0 Å². The third-order valence-electron chi connectivity index (χ3n) is 2.51. The minimum Gasteiger partial charge on any atom is -0.462 e. The zero-order chi connectivity index (χ0) is 13.1. The monoisotopic (exact) mass is 304 g/mol. The maximum Gasteiger partial charge on any atom is 0.348 e. The topological polar surface area (TPSA) is 52.6 Å². The molecule has 1 rings (SSSR count). The Bertz CT molecular complexity index is 335. The second kappa shape index (κ2) is 5.67. The SMILES string of the molecule is CC/C=C/[C@@H](Br)C(=O)O[C@H]1C(=O)OCC1(C)C. The van der Waals surface area contributed by atoms with E-state index in [-0.39, 0.29) is 6.61 Å². The molecular formula is C12H17BrO4. The van der Waals surface area contributed by atoms with Gasteiger partial charge < -0.3 is 9.47 Å². The summed E-state index contributed by atoms with van der Waals surface area (Å²) in [5.74, 6) is -0.936. The van der Waals surface area contributed by atoms with Crippen molar-refractivity contribution < 1.29 is 19.1 Å². The summed E-state index contributed by atoms with van der Waals surface area (Å²) in [5.41, 5.74) is -0.464. The molecule has 0 aromatic heterocycles. The lowest BCUT2D eigenvalue weighted by Gasteiger charge is -2.22. The van der Waals surface area contributed by atoms with E-state index in [1.807, 2.05) is 26.8 Å². The van der Waals surface area contributed by atoms with Gasteiger partial charge in [-0.2, -0.15) is 0 Å². The number of hydrogen-bond donors (Lipinski definition) is 0. The first-order valence-electron chi connectivity index (χ1n) is 5.56. The molecule has 5 heteroatoms. The highest BCUT2D eigenvalue weighted by Gasteiger charge is 2.46. The van der Waals surface area contributed by atoms with Crippen LogP contribution < -0.4 is 0 Å². The van der Waals surface area contributed by atoms with Crippen LogP contribution in [0.4, 0.5) is 0 Å². The van der Waals surface area contributed by atoms with Crippen molar-refractivity contribution in [3.05, 3.63) is 12.2 Å². The van der Waals surface area contributed by atoms with Crippen molar-refractivity contribution in [2.45, 2.75) is 38.1 Å². The predicted octanol–water partition coefficient (Wildman–Crippen LogP) is 2.21. The molecule has 0 aromatic rings. The van der Waals surface area contributed by atoms with Crippen LogP contribution in [-0.4, -0.2) is 29.5 Å². The van der Waals surface area contributed by atoms with E-state index in [0.29, 0.717) is 0 Å². The molecule has 4 nitrogen and oxygen atoms in total. The van der Waals surface area contributed by atoms with Crippen molar-refractivity contribution in [1.29, 1.82) is 0 Å². The van der Waals surface area contributed by atoms with Crippen LogP contribution in [0.1, 0.15) is 27.2 Å². The van der Waals surface area contributed by atoms with Crippen molar-refractivity contribution in [2.75, 3.05) is 6.61 Å². The molecule has 0 amide bonds. The lowest BCUT2D eigenvalue weighted by molar-refractivity contribution is -0.161. The summed E-state index contributed by atoms with van der Waals surface area (Å²) in [5, 5.41) is 0. The van der Waals surface area contributed by atoms with E-state index >= 15 is 0 Å². The smallest absolute Gasteiger partial charge is 0.348 e. The normalized spacial score (nSPS) is 24.7. The highest BCUT2D eigenvalue weighted by atomic mass is 79.9. The molecule has 1 aliphatic rings. The number of halogens is 1. The molecule has 1 saturated heterocycles. The number of rotatable bonds is 4. The number of ether oxygens (including phenoxy) is 2. The summed E-state index contributed by atoms with van der Waals surface area (Å²) in [6.07, 6.45) is 3.59. The third-order valence-corrected chi connectivity index (χ3v) is 3.19. The molecule has 0 aromatic carbocycles. The Hall–Kier alpha value is -0.840. The largest absolute Gasteiger partial charge is 0.462 e. The Morgan fingerprint density at radius 1 is 1.71 bits per heavy atom. The first-order valence-corrected chi connectivity index (χ1v) is 6.48. The minimum absolute atomic E-state index is 0.279. The van der Waals surface area contributed by atoms with Crippen molar-refractivity contribution in [1.82, 2.24) is 0 Å². The van der Waals surface area contributed by atoms with E-state index in [0.717, 1.165) is 6.42 Å². The number of carbonyl (C=O) groups excluding carboxylic acids is 2. The van der Waals surface area contributed by atoms with Crippen LogP contribution in [-0.2, 0) is 19.1 Å². The van der Waals surface area contributed by atoms with Crippen LogP contribution in [0.25, 0.3) is 0 Å². The number of esters is 2. The molecule has 0 unspecified atom stereocenters. The lowest BCUT2D eigenvalue weighted by atomic mass is 9.90. The van der Waals surface area contributed by atoms with Gasteiger partial charge in [0.2, 0.25) is 6.10 Å². The van der Waals surface area contributed by atoms with E-state index in [4.69, 9.17) is 9.47 Å². The number of carbonyl (C=O) groups is 2. The Morgan fingerprint density at radius 2 is 2.35 bits per heavy atom. The molecule has 0 bridgehead atoms.